The highest BCUT2D eigenvalue weighted by Gasteiger charge is 2.21. The van der Waals surface area contributed by atoms with Crippen LogP contribution in [0, 0.1) is 0 Å². The van der Waals surface area contributed by atoms with E-state index in [1.54, 1.807) is 13.3 Å². The summed E-state index contributed by atoms with van der Waals surface area (Å²) in [7, 11) is 1.73. The van der Waals surface area contributed by atoms with Crippen molar-refractivity contribution in [2.45, 2.75) is 38.8 Å². The summed E-state index contributed by atoms with van der Waals surface area (Å²) in [6.07, 6.45) is 7.11. The van der Waals surface area contributed by atoms with Gasteiger partial charge in [-0.1, -0.05) is 12.1 Å². The van der Waals surface area contributed by atoms with Gasteiger partial charge in [-0.15, -0.1) is 0 Å². The topological polar surface area (TPSA) is 63.9 Å². The number of ether oxygens (including phenoxy) is 2. The van der Waals surface area contributed by atoms with Crippen LogP contribution < -0.4 is 5.32 Å². The molecular formula is C22H33N5O2. The number of methoxy groups -OCH3 is 1. The summed E-state index contributed by atoms with van der Waals surface area (Å²) >= 11 is 0. The summed E-state index contributed by atoms with van der Waals surface area (Å²) in [5, 5.41) is 7.75. The Hall–Kier alpha value is -2.38. The predicted octanol–water partition coefficient (Wildman–Crippen LogP) is 2.86. The molecule has 1 aromatic carbocycles. The fourth-order valence-corrected chi connectivity index (χ4v) is 3.50. The van der Waals surface area contributed by atoms with Crippen molar-refractivity contribution in [3.8, 4) is 5.69 Å². The van der Waals surface area contributed by atoms with E-state index in [1.165, 1.54) is 5.56 Å². The molecule has 0 bridgehead atoms. The van der Waals surface area contributed by atoms with Crippen LogP contribution in [0.25, 0.3) is 5.69 Å². The number of aliphatic imine (C=N–C) groups is 1. The van der Waals surface area contributed by atoms with Gasteiger partial charge in [0.1, 0.15) is 0 Å². The number of likely N-dealkylation sites (tertiary alicyclic amines) is 1. The standard InChI is InChI=1S/C22H33N5O2/c1-3-23-22(26-13-9-21(10-14-26)29-16-6-15-28-2)24-18-19-7-4-8-20(17-19)27-12-5-11-25-27/h4-5,7-8,11-12,17,21H,3,6,9-10,13-16,18H2,1-2H3,(H,23,24). The maximum atomic E-state index is 5.98. The second-order valence-corrected chi connectivity index (χ2v) is 7.19. The van der Waals surface area contributed by atoms with Gasteiger partial charge < -0.3 is 19.7 Å². The fourth-order valence-electron chi connectivity index (χ4n) is 3.50. The summed E-state index contributed by atoms with van der Waals surface area (Å²) in [4.78, 5) is 7.23. The Kier molecular flexibility index (Phi) is 8.52. The molecule has 2 aromatic rings. The van der Waals surface area contributed by atoms with Gasteiger partial charge >= 0.3 is 0 Å². The summed E-state index contributed by atoms with van der Waals surface area (Å²) in [5.74, 6) is 0.981. The van der Waals surface area contributed by atoms with Crippen molar-refractivity contribution in [2.75, 3.05) is 40.0 Å². The Morgan fingerprint density at radius 2 is 2.10 bits per heavy atom. The SMILES string of the molecule is CCNC(=NCc1cccc(-n2cccn2)c1)N1CCC(OCCCOC)CC1. The lowest BCUT2D eigenvalue weighted by atomic mass is 10.1. The molecule has 1 N–H and O–H groups in total. The molecule has 0 amide bonds. The highest BCUT2D eigenvalue weighted by molar-refractivity contribution is 5.80. The number of piperidine rings is 1. The first-order chi connectivity index (χ1) is 14.3. The van der Waals surface area contributed by atoms with E-state index in [9.17, 15) is 0 Å². The van der Waals surface area contributed by atoms with Crippen molar-refractivity contribution >= 4 is 5.96 Å². The molecule has 3 rings (SSSR count). The Morgan fingerprint density at radius 3 is 2.83 bits per heavy atom. The number of nitrogens with zero attached hydrogens (tertiary/aromatic N) is 4. The lowest BCUT2D eigenvalue weighted by Gasteiger charge is -2.34. The summed E-state index contributed by atoms with van der Waals surface area (Å²) in [5.41, 5.74) is 2.23. The first kappa shape index (κ1) is 21.3. The van der Waals surface area contributed by atoms with Gasteiger partial charge in [-0.2, -0.15) is 5.10 Å². The molecule has 0 radical (unpaired) electrons. The average molecular weight is 400 g/mol. The van der Waals surface area contributed by atoms with Gasteiger partial charge in [0.25, 0.3) is 0 Å². The molecule has 29 heavy (non-hydrogen) atoms. The third kappa shape index (κ3) is 6.58. The number of rotatable bonds is 9. The van der Waals surface area contributed by atoms with Crippen LogP contribution in [0.1, 0.15) is 31.7 Å². The minimum Gasteiger partial charge on any atom is -0.385 e. The minimum atomic E-state index is 0.344. The Balaban J connectivity index is 1.55. The van der Waals surface area contributed by atoms with Gasteiger partial charge in [-0.25, -0.2) is 9.67 Å². The Labute approximate surface area is 173 Å². The number of guanidine groups is 1. The van der Waals surface area contributed by atoms with Crippen LogP contribution in [0.2, 0.25) is 0 Å². The second kappa shape index (κ2) is 11.6. The van der Waals surface area contributed by atoms with Crippen LogP contribution in [-0.2, 0) is 16.0 Å². The normalized spacial score (nSPS) is 15.7. The largest absolute Gasteiger partial charge is 0.385 e. The number of benzene rings is 1. The number of nitrogens with one attached hydrogen (secondary N) is 1. The molecule has 1 aliphatic rings. The molecule has 0 atom stereocenters. The van der Waals surface area contributed by atoms with Crippen LogP contribution in [0.4, 0.5) is 0 Å². The summed E-state index contributed by atoms with van der Waals surface area (Å²) in [6.45, 7) is 7.09. The van der Waals surface area contributed by atoms with Crippen molar-refractivity contribution in [3.63, 3.8) is 0 Å². The quantitative estimate of drug-likeness (QED) is 0.399. The zero-order chi connectivity index (χ0) is 20.3. The van der Waals surface area contributed by atoms with E-state index in [2.05, 4.69) is 46.5 Å². The van der Waals surface area contributed by atoms with E-state index in [0.29, 0.717) is 12.6 Å². The minimum absolute atomic E-state index is 0.344. The van der Waals surface area contributed by atoms with Crippen molar-refractivity contribution < 1.29 is 9.47 Å². The Bertz CT molecular complexity index is 739. The molecule has 7 nitrogen and oxygen atoms in total. The molecule has 0 unspecified atom stereocenters. The van der Waals surface area contributed by atoms with Crippen LogP contribution in [-0.4, -0.2) is 66.7 Å². The maximum Gasteiger partial charge on any atom is 0.194 e. The molecule has 2 heterocycles. The van der Waals surface area contributed by atoms with E-state index in [4.69, 9.17) is 14.5 Å². The number of hydrogen-bond acceptors (Lipinski definition) is 4. The highest BCUT2D eigenvalue weighted by atomic mass is 16.5. The molecule has 0 saturated carbocycles. The Morgan fingerprint density at radius 1 is 1.24 bits per heavy atom. The molecule has 1 aromatic heterocycles. The molecule has 0 aliphatic carbocycles. The van der Waals surface area contributed by atoms with Crippen molar-refractivity contribution in [2.24, 2.45) is 4.99 Å². The highest BCUT2D eigenvalue weighted by Crippen LogP contribution is 2.15. The molecule has 0 spiro atoms. The maximum absolute atomic E-state index is 5.98. The molecule has 1 fully saturated rings. The van der Waals surface area contributed by atoms with E-state index >= 15 is 0 Å². The third-order valence-electron chi connectivity index (χ3n) is 5.01. The van der Waals surface area contributed by atoms with Gasteiger partial charge in [-0.3, -0.25) is 0 Å². The zero-order valence-electron chi connectivity index (χ0n) is 17.6. The second-order valence-electron chi connectivity index (χ2n) is 7.19. The number of hydrogen-bond donors (Lipinski definition) is 1. The molecule has 1 aliphatic heterocycles. The van der Waals surface area contributed by atoms with Crippen LogP contribution >= 0.6 is 0 Å². The lowest BCUT2D eigenvalue weighted by Crippen LogP contribution is -2.47. The van der Waals surface area contributed by atoms with Gasteiger partial charge in [0, 0.05) is 52.4 Å². The van der Waals surface area contributed by atoms with E-state index in [1.807, 2.05) is 16.9 Å². The number of aromatic nitrogens is 2. The zero-order valence-corrected chi connectivity index (χ0v) is 17.6. The van der Waals surface area contributed by atoms with Crippen LogP contribution in [0.3, 0.4) is 0 Å². The van der Waals surface area contributed by atoms with Crippen molar-refractivity contribution in [1.82, 2.24) is 20.0 Å². The fraction of sp³-hybridized carbons (Fsp3) is 0.545. The van der Waals surface area contributed by atoms with Crippen molar-refractivity contribution in [1.29, 1.82) is 0 Å². The van der Waals surface area contributed by atoms with Gasteiger partial charge in [0.15, 0.2) is 5.96 Å². The van der Waals surface area contributed by atoms with E-state index < -0.39 is 0 Å². The molecular weight excluding hydrogens is 366 g/mol. The van der Waals surface area contributed by atoms with Crippen molar-refractivity contribution in [3.05, 3.63) is 48.3 Å². The predicted molar refractivity (Wildman–Crippen MR) is 115 cm³/mol. The first-order valence-electron chi connectivity index (χ1n) is 10.5. The van der Waals surface area contributed by atoms with Crippen LogP contribution in [0.5, 0.6) is 0 Å². The van der Waals surface area contributed by atoms with Crippen LogP contribution in [0.15, 0.2) is 47.7 Å². The van der Waals surface area contributed by atoms with Gasteiger partial charge in [0.05, 0.1) is 18.3 Å². The average Bonchev–Trinajstić information content (AvgIpc) is 3.30. The summed E-state index contributed by atoms with van der Waals surface area (Å²) < 4.78 is 12.9. The van der Waals surface area contributed by atoms with Gasteiger partial charge in [0.2, 0.25) is 0 Å². The van der Waals surface area contributed by atoms with Gasteiger partial charge in [-0.05, 0) is 49.9 Å². The monoisotopic (exact) mass is 399 g/mol. The first-order valence-corrected chi connectivity index (χ1v) is 10.5. The lowest BCUT2D eigenvalue weighted by molar-refractivity contribution is 0.00990. The smallest absolute Gasteiger partial charge is 0.194 e. The molecule has 158 valence electrons. The third-order valence-corrected chi connectivity index (χ3v) is 5.01. The summed E-state index contributed by atoms with van der Waals surface area (Å²) in [6, 6.07) is 10.3. The molecule has 1 saturated heterocycles. The van der Waals surface area contributed by atoms with E-state index in [0.717, 1.165) is 63.8 Å². The molecule has 7 heteroatoms. The van der Waals surface area contributed by atoms with E-state index in [-0.39, 0.29) is 0 Å².